The summed E-state index contributed by atoms with van der Waals surface area (Å²) in [4.78, 5) is 8.63. The van der Waals surface area contributed by atoms with Gasteiger partial charge >= 0.3 is 0 Å². The van der Waals surface area contributed by atoms with Crippen LogP contribution >= 0.6 is 23.4 Å². The van der Waals surface area contributed by atoms with Gasteiger partial charge in [0.2, 0.25) is 0 Å². The maximum Gasteiger partial charge on any atom is 0.164 e. The van der Waals surface area contributed by atoms with Gasteiger partial charge < -0.3 is 9.94 Å². The van der Waals surface area contributed by atoms with Gasteiger partial charge in [-0.2, -0.15) is 0 Å². The summed E-state index contributed by atoms with van der Waals surface area (Å²) in [7, 11) is 0. The number of thioether (sulfide) groups is 1. The zero-order valence-electron chi connectivity index (χ0n) is 10.7. The van der Waals surface area contributed by atoms with E-state index in [1.165, 1.54) is 11.8 Å². The number of halogens is 1. The number of fused-ring (bicyclic) bond motifs is 1. The van der Waals surface area contributed by atoms with Crippen LogP contribution in [-0.4, -0.2) is 14.7 Å². The molecule has 0 saturated heterocycles. The summed E-state index contributed by atoms with van der Waals surface area (Å²) in [6.45, 7) is 1.92. The number of hydrogen-bond donors (Lipinski definition) is 0. The second-order valence-electron chi connectivity index (χ2n) is 4.33. The molecule has 4 nitrogen and oxygen atoms in total. The molecule has 0 unspecified atom stereocenters. The van der Waals surface area contributed by atoms with Crippen molar-refractivity contribution in [3.8, 4) is 0 Å². The van der Waals surface area contributed by atoms with Gasteiger partial charge in [-0.05, 0) is 30.7 Å². The van der Waals surface area contributed by atoms with Crippen LogP contribution < -0.4 is 0 Å². The SMILES string of the molecule is Cc1c(Cl)ccnc1CSc1nc2ccccc2n1[O-]. The molecule has 0 amide bonds. The Labute approximate surface area is 125 Å². The quantitative estimate of drug-likeness (QED) is 0.685. The molecule has 0 saturated carbocycles. The summed E-state index contributed by atoms with van der Waals surface area (Å²) in [6, 6.07) is 9.05. The molecule has 1 aromatic carbocycles. The Morgan fingerprint density at radius 1 is 1.30 bits per heavy atom. The minimum Gasteiger partial charge on any atom is -0.804 e. The van der Waals surface area contributed by atoms with Crippen molar-refractivity contribution in [2.75, 3.05) is 0 Å². The van der Waals surface area contributed by atoms with Crippen molar-refractivity contribution >= 4 is 34.4 Å². The highest BCUT2D eigenvalue weighted by molar-refractivity contribution is 7.98. The first-order valence-electron chi connectivity index (χ1n) is 6.04. The van der Waals surface area contributed by atoms with E-state index in [4.69, 9.17) is 11.6 Å². The molecule has 102 valence electrons. The first-order valence-corrected chi connectivity index (χ1v) is 7.41. The summed E-state index contributed by atoms with van der Waals surface area (Å²) < 4.78 is 0.861. The van der Waals surface area contributed by atoms with Gasteiger partial charge in [-0.3, -0.25) is 4.98 Å². The molecule has 0 radical (unpaired) electrons. The van der Waals surface area contributed by atoms with E-state index in [1.54, 1.807) is 18.3 Å². The van der Waals surface area contributed by atoms with Crippen LogP contribution in [-0.2, 0) is 5.75 Å². The number of pyridine rings is 1. The van der Waals surface area contributed by atoms with Crippen molar-refractivity contribution in [2.45, 2.75) is 17.8 Å². The van der Waals surface area contributed by atoms with E-state index >= 15 is 0 Å². The number of rotatable bonds is 3. The highest BCUT2D eigenvalue weighted by Gasteiger charge is 2.08. The van der Waals surface area contributed by atoms with Crippen LogP contribution in [0.25, 0.3) is 11.0 Å². The minimum atomic E-state index is 0.437. The Bertz CT molecular complexity index is 772. The van der Waals surface area contributed by atoms with Crippen LogP contribution in [0.15, 0.2) is 41.7 Å². The molecule has 0 atom stereocenters. The van der Waals surface area contributed by atoms with Crippen molar-refractivity contribution in [1.29, 1.82) is 0 Å². The smallest absolute Gasteiger partial charge is 0.164 e. The fourth-order valence-electron chi connectivity index (χ4n) is 1.90. The van der Waals surface area contributed by atoms with Gasteiger partial charge in [0.05, 0.1) is 16.7 Å². The van der Waals surface area contributed by atoms with Crippen LogP contribution in [0.1, 0.15) is 11.3 Å². The molecule has 0 aliphatic carbocycles. The van der Waals surface area contributed by atoms with E-state index in [1.807, 2.05) is 25.1 Å². The number of imidazole rings is 1. The molecule has 6 heteroatoms. The Kier molecular flexibility index (Phi) is 3.54. The Balaban J connectivity index is 1.87. The van der Waals surface area contributed by atoms with E-state index < -0.39 is 0 Å². The third kappa shape index (κ3) is 2.34. The predicted molar refractivity (Wildman–Crippen MR) is 82.0 cm³/mol. The molecule has 3 rings (SSSR count). The first kappa shape index (κ1) is 13.3. The fraction of sp³-hybridized carbons (Fsp3) is 0.143. The molecule has 20 heavy (non-hydrogen) atoms. The van der Waals surface area contributed by atoms with E-state index in [0.29, 0.717) is 27.0 Å². The summed E-state index contributed by atoms with van der Waals surface area (Å²) in [5.41, 5.74) is 3.11. The van der Waals surface area contributed by atoms with Gasteiger partial charge in [-0.25, -0.2) is 4.98 Å². The van der Waals surface area contributed by atoms with Crippen LogP contribution in [0.3, 0.4) is 0 Å². The third-order valence-electron chi connectivity index (χ3n) is 3.07. The average molecular weight is 305 g/mol. The lowest BCUT2D eigenvalue weighted by Crippen LogP contribution is -1.94. The Morgan fingerprint density at radius 3 is 2.90 bits per heavy atom. The molecule has 0 N–H and O–H groups in total. The van der Waals surface area contributed by atoms with Crippen LogP contribution in [0.4, 0.5) is 0 Å². The molecule has 0 bridgehead atoms. The van der Waals surface area contributed by atoms with E-state index in [2.05, 4.69) is 9.97 Å². The average Bonchev–Trinajstić information content (AvgIpc) is 2.78. The largest absolute Gasteiger partial charge is 0.804 e. The minimum absolute atomic E-state index is 0.437. The van der Waals surface area contributed by atoms with Gasteiger partial charge in [0.25, 0.3) is 0 Å². The number of para-hydroxylation sites is 2. The van der Waals surface area contributed by atoms with Gasteiger partial charge in [0.1, 0.15) is 0 Å². The van der Waals surface area contributed by atoms with E-state index in [9.17, 15) is 5.21 Å². The number of benzene rings is 1. The second-order valence-corrected chi connectivity index (χ2v) is 5.68. The number of hydrogen-bond acceptors (Lipinski definition) is 4. The van der Waals surface area contributed by atoms with E-state index in [-0.39, 0.29) is 0 Å². The summed E-state index contributed by atoms with van der Waals surface area (Å²) in [5.74, 6) is 0.567. The second kappa shape index (κ2) is 5.34. The topological polar surface area (TPSA) is 53.8 Å². The predicted octanol–water partition coefficient (Wildman–Crippen LogP) is 4.03. The van der Waals surface area contributed by atoms with Gasteiger partial charge in [0.15, 0.2) is 5.16 Å². The highest BCUT2D eigenvalue weighted by atomic mass is 35.5. The van der Waals surface area contributed by atoms with Crippen LogP contribution in [0, 0.1) is 12.1 Å². The van der Waals surface area contributed by atoms with E-state index in [0.717, 1.165) is 16.0 Å². The number of nitrogens with zero attached hydrogens (tertiary/aromatic N) is 3. The van der Waals surface area contributed by atoms with Crippen molar-refractivity contribution in [2.24, 2.45) is 0 Å². The maximum atomic E-state index is 12.1. The molecule has 0 fully saturated rings. The normalized spacial score (nSPS) is 11.1. The molecule has 0 aliphatic heterocycles. The van der Waals surface area contributed by atoms with Crippen molar-refractivity contribution < 1.29 is 0 Å². The van der Waals surface area contributed by atoms with Crippen LogP contribution in [0.2, 0.25) is 5.02 Å². The Hall–Kier alpha value is -1.72. The standard InChI is InChI=1S/C14H11ClN3OS/c1-9-10(15)6-7-16-12(9)8-20-14-17-11-4-2-3-5-13(11)18(14)19/h2-7H,8H2,1H3/q-1. The maximum absolute atomic E-state index is 12.1. The Morgan fingerprint density at radius 2 is 2.10 bits per heavy atom. The lowest BCUT2D eigenvalue weighted by atomic mass is 10.2. The van der Waals surface area contributed by atoms with Crippen molar-refractivity contribution in [3.63, 3.8) is 0 Å². The lowest BCUT2D eigenvalue weighted by Gasteiger charge is -2.12. The molecule has 0 spiro atoms. The number of aromatic nitrogens is 3. The molecule has 3 aromatic rings. The molecule has 2 aromatic heterocycles. The fourth-order valence-corrected chi connectivity index (χ4v) is 3.00. The zero-order valence-corrected chi connectivity index (χ0v) is 12.3. The van der Waals surface area contributed by atoms with Gasteiger partial charge in [-0.1, -0.05) is 35.5 Å². The van der Waals surface area contributed by atoms with Crippen molar-refractivity contribution in [1.82, 2.24) is 14.7 Å². The summed E-state index contributed by atoms with van der Waals surface area (Å²) in [6.07, 6.45) is 1.67. The molecule has 2 heterocycles. The van der Waals surface area contributed by atoms with Gasteiger partial charge in [0, 0.05) is 17.0 Å². The third-order valence-corrected chi connectivity index (χ3v) is 4.41. The summed E-state index contributed by atoms with van der Waals surface area (Å²) in [5, 5.41) is 13.2. The zero-order chi connectivity index (χ0) is 14.1. The van der Waals surface area contributed by atoms with Gasteiger partial charge in [-0.15, -0.1) is 0 Å². The monoisotopic (exact) mass is 304 g/mol. The molecular weight excluding hydrogens is 294 g/mol. The van der Waals surface area contributed by atoms with Crippen molar-refractivity contribution in [3.05, 3.63) is 58.0 Å². The lowest BCUT2D eigenvalue weighted by molar-refractivity contribution is 0.925. The molecular formula is C14H11ClN3OS-. The first-order chi connectivity index (χ1) is 9.66. The van der Waals surface area contributed by atoms with Crippen LogP contribution in [0.5, 0.6) is 0 Å². The highest BCUT2D eigenvalue weighted by Crippen LogP contribution is 2.27. The summed E-state index contributed by atoms with van der Waals surface area (Å²) >= 11 is 7.43. The molecule has 0 aliphatic rings.